The third kappa shape index (κ3) is 5.08. The van der Waals surface area contributed by atoms with Crippen LogP contribution in [-0.2, 0) is 4.79 Å². The van der Waals surface area contributed by atoms with Crippen molar-refractivity contribution in [1.82, 2.24) is 15.1 Å². The fourth-order valence-electron chi connectivity index (χ4n) is 2.45. The average molecular weight is 294 g/mol. The smallest absolute Gasteiger partial charge is 0.238 e. The van der Waals surface area contributed by atoms with E-state index in [4.69, 9.17) is 0 Å². The minimum atomic E-state index is -0.354. The van der Waals surface area contributed by atoms with Gasteiger partial charge in [-0.05, 0) is 32.3 Å². The van der Waals surface area contributed by atoms with Crippen LogP contribution in [0.3, 0.4) is 0 Å². The summed E-state index contributed by atoms with van der Waals surface area (Å²) in [4.78, 5) is 16.4. The van der Waals surface area contributed by atoms with Gasteiger partial charge in [0.1, 0.15) is 5.82 Å². The molecule has 1 aliphatic heterocycles. The van der Waals surface area contributed by atoms with Crippen LogP contribution in [0.25, 0.3) is 0 Å². The highest BCUT2D eigenvalue weighted by Crippen LogP contribution is 2.08. The Hall–Kier alpha value is -1.50. The summed E-state index contributed by atoms with van der Waals surface area (Å²) < 4.78 is 13.0. The number of rotatable bonds is 5. The number of carbonyl (C=O) groups is 1. The number of hydrogen-bond donors (Lipinski definition) is 2. The first-order chi connectivity index (χ1) is 10.0. The van der Waals surface area contributed by atoms with Gasteiger partial charge in [-0.2, -0.15) is 0 Å². The van der Waals surface area contributed by atoms with Gasteiger partial charge in [0.2, 0.25) is 5.91 Å². The second-order valence-corrected chi connectivity index (χ2v) is 5.59. The molecule has 1 unspecified atom stereocenters. The van der Waals surface area contributed by atoms with Gasteiger partial charge in [0.15, 0.2) is 0 Å². The summed E-state index contributed by atoms with van der Waals surface area (Å²) in [5, 5.41) is 5.84. The van der Waals surface area contributed by atoms with Crippen molar-refractivity contribution in [2.24, 2.45) is 0 Å². The minimum Gasteiger partial charge on any atom is -0.325 e. The maximum atomic E-state index is 13.0. The second-order valence-electron chi connectivity index (χ2n) is 5.59. The van der Waals surface area contributed by atoms with Crippen molar-refractivity contribution in [1.29, 1.82) is 0 Å². The fourth-order valence-corrected chi connectivity index (χ4v) is 2.45. The van der Waals surface area contributed by atoms with Crippen LogP contribution in [-0.4, -0.2) is 68.6 Å². The Balaban J connectivity index is 1.71. The van der Waals surface area contributed by atoms with Crippen molar-refractivity contribution >= 4 is 11.6 Å². The molecule has 0 aromatic heterocycles. The number of amides is 1. The topological polar surface area (TPSA) is 47.6 Å². The molecule has 0 spiro atoms. The molecule has 1 atom stereocenters. The van der Waals surface area contributed by atoms with Gasteiger partial charge in [0.25, 0.3) is 0 Å². The molecule has 1 saturated heterocycles. The molecule has 0 aliphatic carbocycles. The minimum absolute atomic E-state index is 0.160. The quantitative estimate of drug-likeness (QED) is 0.835. The van der Waals surface area contributed by atoms with E-state index in [9.17, 15) is 9.18 Å². The molecule has 1 heterocycles. The zero-order chi connectivity index (χ0) is 15.2. The van der Waals surface area contributed by atoms with Gasteiger partial charge < -0.3 is 15.5 Å². The number of halogens is 1. The lowest BCUT2D eigenvalue weighted by Crippen LogP contribution is -2.54. The first-order valence-electron chi connectivity index (χ1n) is 7.19. The van der Waals surface area contributed by atoms with E-state index in [2.05, 4.69) is 34.5 Å². The Morgan fingerprint density at radius 2 is 2.19 bits per heavy atom. The Morgan fingerprint density at radius 3 is 2.95 bits per heavy atom. The van der Waals surface area contributed by atoms with Gasteiger partial charge in [-0.25, -0.2) is 4.39 Å². The highest BCUT2D eigenvalue weighted by molar-refractivity contribution is 5.92. The van der Waals surface area contributed by atoms with E-state index in [1.807, 2.05) is 0 Å². The van der Waals surface area contributed by atoms with Gasteiger partial charge in [-0.3, -0.25) is 9.69 Å². The lowest BCUT2D eigenvalue weighted by molar-refractivity contribution is -0.115. The molecule has 0 bridgehead atoms. The third-order valence-corrected chi connectivity index (χ3v) is 3.75. The lowest BCUT2D eigenvalue weighted by Gasteiger charge is -2.37. The Bertz CT molecular complexity index is 482. The molecule has 2 rings (SSSR count). The Kier molecular flexibility index (Phi) is 5.67. The molecule has 21 heavy (non-hydrogen) atoms. The van der Waals surface area contributed by atoms with E-state index in [0.717, 1.165) is 26.2 Å². The van der Waals surface area contributed by atoms with Gasteiger partial charge in [0.05, 0.1) is 6.54 Å². The number of anilines is 1. The van der Waals surface area contributed by atoms with Crippen molar-refractivity contribution in [3.05, 3.63) is 30.1 Å². The predicted molar refractivity (Wildman–Crippen MR) is 81.8 cm³/mol. The maximum Gasteiger partial charge on any atom is 0.238 e. The summed E-state index contributed by atoms with van der Waals surface area (Å²) in [6.45, 7) is 4.10. The van der Waals surface area contributed by atoms with Crippen molar-refractivity contribution in [2.75, 3.05) is 52.1 Å². The van der Waals surface area contributed by atoms with Gasteiger partial charge in [-0.1, -0.05) is 6.07 Å². The lowest BCUT2D eigenvalue weighted by atomic mass is 10.2. The van der Waals surface area contributed by atoms with Crippen molar-refractivity contribution < 1.29 is 9.18 Å². The standard InChI is InChI=1S/C15H23FN4O/c1-19-6-7-20(2)14(11-19)9-17-10-15(21)18-13-5-3-4-12(16)8-13/h3-5,8,14,17H,6-7,9-11H2,1-2H3,(H,18,21). The maximum absolute atomic E-state index is 13.0. The number of benzene rings is 1. The number of likely N-dealkylation sites (N-methyl/N-ethyl adjacent to an activating group) is 2. The average Bonchev–Trinajstić information content (AvgIpc) is 2.42. The first-order valence-corrected chi connectivity index (χ1v) is 7.19. The van der Waals surface area contributed by atoms with Crippen LogP contribution >= 0.6 is 0 Å². The van der Waals surface area contributed by atoms with Crippen LogP contribution in [0, 0.1) is 5.82 Å². The van der Waals surface area contributed by atoms with E-state index < -0.39 is 0 Å². The van der Waals surface area contributed by atoms with Gasteiger partial charge in [-0.15, -0.1) is 0 Å². The molecular weight excluding hydrogens is 271 g/mol. The molecule has 5 nitrogen and oxygen atoms in total. The number of carbonyl (C=O) groups excluding carboxylic acids is 1. The van der Waals surface area contributed by atoms with E-state index >= 15 is 0 Å². The Labute approximate surface area is 125 Å². The normalized spacial score (nSPS) is 20.4. The molecule has 1 aromatic carbocycles. The summed E-state index contributed by atoms with van der Waals surface area (Å²) >= 11 is 0. The monoisotopic (exact) mass is 294 g/mol. The summed E-state index contributed by atoms with van der Waals surface area (Å²) in [6.07, 6.45) is 0. The molecule has 1 aromatic rings. The molecule has 6 heteroatoms. The summed E-state index contributed by atoms with van der Waals surface area (Å²) in [5.74, 6) is -0.514. The molecule has 1 amide bonds. The SMILES string of the molecule is CN1CCN(C)C(CNCC(=O)Nc2cccc(F)c2)C1. The van der Waals surface area contributed by atoms with Crippen molar-refractivity contribution in [3.8, 4) is 0 Å². The molecule has 1 aliphatic rings. The summed E-state index contributed by atoms with van der Waals surface area (Å²) in [6, 6.07) is 6.31. The number of hydrogen-bond acceptors (Lipinski definition) is 4. The summed E-state index contributed by atoms with van der Waals surface area (Å²) in [7, 11) is 4.21. The molecular formula is C15H23FN4O. The van der Waals surface area contributed by atoms with Crippen LogP contribution < -0.4 is 10.6 Å². The van der Waals surface area contributed by atoms with Crippen LogP contribution in [0.2, 0.25) is 0 Å². The second kappa shape index (κ2) is 7.49. The highest BCUT2D eigenvalue weighted by atomic mass is 19.1. The van der Waals surface area contributed by atoms with E-state index in [1.54, 1.807) is 12.1 Å². The number of nitrogens with one attached hydrogen (secondary N) is 2. The van der Waals surface area contributed by atoms with E-state index in [-0.39, 0.29) is 18.3 Å². The van der Waals surface area contributed by atoms with Crippen molar-refractivity contribution in [2.45, 2.75) is 6.04 Å². The predicted octanol–water partition coefficient (Wildman–Crippen LogP) is 0.600. The van der Waals surface area contributed by atoms with E-state index in [1.165, 1.54) is 12.1 Å². The van der Waals surface area contributed by atoms with Gasteiger partial charge >= 0.3 is 0 Å². The fraction of sp³-hybridized carbons (Fsp3) is 0.533. The van der Waals surface area contributed by atoms with E-state index in [0.29, 0.717) is 11.7 Å². The van der Waals surface area contributed by atoms with Crippen LogP contribution in [0.4, 0.5) is 10.1 Å². The highest BCUT2D eigenvalue weighted by Gasteiger charge is 2.21. The molecule has 0 radical (unpaired) electrons. The van der Waals surface area contributed by atoms with Crippen LogP contribution in [0.5, 0.6) is 0 Å². The number of nitrogens with zero attached hydrogens (tertiary/aromatic N) is 2. The molecule has 2 N–H and O–H groups in total. The molecule has 116 valence electrons. The largest absolute Gasteiger partial charge is 0.325 e. The third-order valence-electron chi connectivity index (χ3n) is 3.75. The first kappa shape index (κ1) is 15.9. The van der Waals surface area contributed by atoms with Crippen LogP contribution in [0.15, 0.2) is 24.3 Å². The number of piperazine rings is 1. The Morgan fingerprint density at radius 1 is 1.38 bits per heavy atom. The molecule has 1 fully saturated rings. The zero-order valence-corrected chi connectivity index (χ0v) is 12.6. The van der Waals surface area contributed by atoms with Crippen LogP contribution in [0.1, 0.15) is 0 Å². The summed E-state index contributed by atoms with van der Waals surface area (Å²) in [5.41, 5.74) is 0.483. The van der Waals surface area contributed by atoms with Gasteiger partial charge in [0, 0.05) is 37.9 Å². The zero-order valence-electron chi connectivity index (χ0n) is 12.6. The molecule has 0 saturated carbocycles. The van der Waals surface area contributed by atoms with Crippen molar-refractivity contribution in [3.63, 3.8) is 0 Å².